The largest absolute Gasteiger partial charge is 0.316 e. The van der Waals surface area contributed by atoms with Gasteiger partial charge in [-0.3, -0.25) is 0 Å². The minimum Gasteiger partial charge on any atom is -0.316 e. The lowest BCUT2D eigenvalue weighted by atomic mass is 9.99. The zero-order valence-corrected chi connectivity index (χ0v) is 13.8. The van der Waals surface area contributed by atoms with Gasteiger partial charge in [0, 0.05) is 32.7 Å². The van der Waals surface area contributed by atoms with Gasteiger partial charge in [-0.1, -0.05) is 0 Å². The molecule has 3 saturated heterocycles. The van der Waals surface area contributed by atoms with E-state index < -0.39 is 10.0 Å². The quantitative estimate of drug-likeness (QED) is 0.808. The van der Waals surface area contributed by atoms with Gasteiger partial charge < -0.3 is 10.2 Å². The molecule has 20 heavy (non-hydrogen) atoms. The maximum absolute atomic E-state index is 11.6. The number of rotatable bonds is 3. The van der Waals surface area contributed by atoms with Gasteiger partial charge in [0.15, 0.2) is 0 Å². The first kappa shape index (κ1) is 16.5. The summed E-state index contributed by atoms with van der Waals surface area (Å²) in [4.78, 5) is 2.56. The first-order chi connectivity index (χ1) is 9.02. The second kappa shape index (κ2) is 6.48. The minimum atomic E-state index is -3.00. The third-order valence-corrected chi connectivity index (χ3v) is 6.20. The molecule has 3 fully saturated rings. The summed E-state index contributed by atoms with van der Waals surface area (Å²) in [5, 5.41) is 3.46. The smallest absolute Gasteiger partial charge is 0.211 e. The Morgan fingerprint density at radius 2 is 1.80 bits per heavy atom. The van der Waals surface area contributed by atoms with Gasteiger partial charge in [-0.25, -0.2) is 12.7 Å². The van der Waals surface area contributed by atoms with E-state index >= 15 is 0 Å². The minimum absolute atomic E-state index is 0. The zero-order valence-electron chi connectivity index (χ0n) is 12.1. The number of sulfonamides is 1. The van der Waals surface area contributed by atoms with Crippen LogP contribution in [0.4, 0.5) is 0 Å². The number of likely N-dealkylation sites (tertiary alicyclic amines) is 1. The summed E-state index contributed by atoms with van der Waals surface area (Å²) < 4.78 is 24.9. The number of piperidine rings is 1. The van der Waals surface area contributed by atoms with Gasteiger partial charge in [0.25, 0.3) is 0 Å². The first-order valence-corrected chi connectivity index (χ1v) is 9.25. The Bertz CT molecular complexity index is 419. The van der Waals surface area contributed by atoms with Gasteiger partial charge in [0.1, 0.15) is 0 Å². The molecule has 0 aliphatic carbocycles. The van der Waals surface area contributed by atoms with Crippen LogP contribution in [-0.2, 0) is 10.0 Å². The molecule has 0 aromatic heterocycles. The maximum atomic E-state index is 11.6. The van der Waals surface area contributed by atoms with Gasteiger partial charge in [0.05, 0.1) is 6.26 Å². The summed E-state index contributed by atoms with van der Waals surface area (Å²) in [6.07, 6.45) is 3.53. The monoisotopic (exact) mass is 323 g/mol. The van der Waals surface area contributed by atoms with E-state index in [1.165, 1.54) is 38.9 Å². The topological polar surface area (TPSA) is 52.7 Å². The molecule has 3 aliphatic heterocycles. The van der Waals surface area contributed by atoms with E-state index in [2.05, 4.69) is 10.2 Å². The fraction of sp³-hybridized carbons (Fsp3) is 1.00. The number of hydrogen-bond acceptors (Lipinski definition) is 4. The van der Waals surface area contributed by atoms with E-state index in [4.69, 9.17) is 0 Å². The van der Waals surface area contributed by atoms with E-state index in [1.54, 1.807) is 4.31 Å². The summed E-state index contributed by atoms with van der Waals surface area (Å²) in [5.74, 6) is 2.18. The van der Waals surface area contributed by atoms with Crippen LogP contribution >= 0.6 is 12.4 Å². The molecule has 0 aromatic rings. The highest BCUT2D eigenvalue weighted by atomic mass is 35.5. The molecule has 0 radical (unpaired) electrons. The van der Waals surface area contributed by atoms with Crippen molar-refractivity contribution in [1.29, 1.82) is 0 Å². The highest BCUT2D eigenvalue weighted by Crippen LogP contribution is 2.28. The van der Waals surface area contributed by atoms with E-state index in [-0.39, 0.29) is 12.4 Å². The van der Waals surface area contributed by atoms with Crippen molar-refractivity contribution in [2.75, 3.05) is 52.1 Å². The normalized spacial score (nSPS) is 35.8. The van der Waals surface area contributed by atoms with Crippen LogP contribution in [0.3, 0.4) is 0 Å². The summed E-state index contributed by atoms with van der Waals surface area (Å²) in [5.41, 5.74) is 0. The second-order valence-corrected chi connectivity index (χ2v) is 8.51. The summed E-state index contributed by atoms with van der Waals surface area (Å²) >= 11 is 0. The van der Waals surface area contributed by atoms with Crippen molar-refractivity contribution in [3.8, 4) is 0 Å². The van der Waals surface area contributed by atoms with E-state index in [9.17, 15) is 8.42 Å². The number of nitrogens with one attached hydrogen (secondary N) is 1. The van der Waals surface area contributed by atoms with Crippen molar-refractivity contribution in [2.24, 2.45) is 17.8 Å². The van der Waals surface area contributed by atoms with Crippen molar-refractivity contribution in [3.63, 3.8) is 0 Å². The van der Waals surface area contributed by atoms with Crippen LogP contribution in [0, 0.1) is 17.8 Å². The lowest BCUT2D eigenvalue weighted by molar-refractivity contribution is 0.193. The van der Waals surface area contributed by atoms with Crippen LogP contribution in [0.1, 0.15) is 12.8 Å². The SMILES string of the molecule is CS(=O)(=O)N1CCCC(CN2C[C@H]3CNC[C@H]3C2)C1.Cl. The summed E-state index contributed by atoms with van der Waals surface area (Å²) in [6, 6.07) is 0. The average Bonchev–Trinajstić information content (AvgIpc) is 2.88. The number of hydrogen-bond donors (Lipinski definition) is 1. The fourth-order valence-corrected chi connectivity index (χ4v) is 4.89. The predicted molar refractivity (Wildman–Crippen MR) is 82.7 cm³/mol. The van der Waals surface area contributed by atoms with Crippen molar-refractivity contribution in [2.45, 2.75) is 12.8 Å². The van der Waals surface area contributed by atoms with E-state index in [0.717, 1.165) is 31.3 Å². The van der Waals surface area contributed by atoms with Crippen LogP contribution in [0.25, 0.3) is 0 Å². The molecule has 5 nitrogen and oxygen atoms in total. The lowest BCUT2D eigenvalue weighted by Crippen LogP contribution is -2.43. The molecule has 1 unspecified atom stereocenters. The molecular formula is C13H26ClN3O2S. The average molecular weight is 324 g/mol. The predicted octanol–water partition coefficient (Wildman–Crippen LogP) is 0.231. The Kier molecular flexibility index (Phi) is 5.34. The van der Waals surface area contributed by atoms with Crippen molar-refractivity contribution >= 4 is 22.4 Å². The zero-order chi connectivity index (χ0) is 13.5. The van der Waals surface area contributed by atoms with Crippen LogP contribution in [0.5, 0.6) is 0 Å². The summed E-state index contributed by atoms with van der Waals surface area (Å²) in [7, 11) is -3.00. The molecule has 1 N–H and O–H groups in total. The lowest BCUT2D eigenvalue weighted by Gasteiger charge is -2.33. The third-order valence-electron chi connectivity index (χ3n) is 4.93. The number of nitrogens with zero attached hydrogens (tertiary/aromatic N) is 2. The Balaban J connectivity index is 0.00000147. The Hall–Kier alpha value is 0.120. The van der Waals surface area contributed by atoms with Gasteiger partial charge in [-0.2, -0.15) is 0 Å². The molecule has 3 heterocycles. The van der Waals surface area contributed by atoms with Crippen LogP contribution in [-0.4, -0.2) is 69.7 Å². The van der Waals surface area contributed by atoms with Crippen LogP contribution in [0.15, 0.2) is 0 Å². The molecule has 118 valence electrons. The molecule has 0 bridgehead atoms. The van der Waals surface area contributed by atoms with Crippen LogP contribution in [0.2, 0.25) is 0 Å². The molecule has 0 spiro atoms. The molecule has 0 saturated carbocycles. The van der Waals surface area contributed by atoms with Crippen molar-refractivity contribution in [1.82, 2.24) is 14.5 Å². The van der Waals surface area contributed by atoms with Crippen molar-refractivity contribution in [3.05, 3.63) is 0 Å². The van der Waals surface area contributed by atoms with E-state index in [1.807, 2.05) is 0 Å². The molecule has 7 heteroatoms. The van der Waals surface area contributed by atoms with Gasteiger partial charge in [0.2, 0.25) is 10.0 Å². The molecule has 3 aliphatic rings. The van der Waals surface area contributed by atoms with Gasteiger partial charge in [-0.15, -0.1) is 12.4 Å². The standard InChI is InChI=1S/C13H25N3O2S.ClH/c1-19(17,18)16-4-2-3-11(8-16)7-15-9-12-5-14-6-13(12)10-15;/h11-14H,2-10H2,1H3;1H/t11?,12-,13+;. The van der Waals surface area contributed by atoms with Crippen LogP contribution < -0.4 is 5.32 Å². The molecular weight excluding hydrogens is 298 g/mol. The second-order valence-electron chi connectivity index (χ2n) is 6.53. The maximum Gasteiger partial charge on any atom is 0.211 e. The highest BCUT2D eigenvalue weighted by Gasteiger charge is 2.37. The fourth-order valence-electron chi connectivity index (χ4n) is 3.94. The Morgan fingerprint density at radius 1 is 1.15 bits per heavy atom. The first-order valence-electron chi connectivity index (χ1n) is 7.40. The van der Waals surface area contributed by atoms with Crippen molar-refractivity contribution < 1.29 is 8.42 Å². The number of halogens is 1. The molecule has 3 rings (SSSR count). The third kappa shape index (κ3) is 3.65. The molecule has 3 atom stereocenters. The molecule has 0 aromatic carbocycles. The molecule has 0 amide bonds. The van der Waals surface area contributed by atoms with E-state index in [0.29, 0.717) is 12.5 Å². The number of fused-ring (bicyclic) bond motifs is 1. The Labute approximate surface area is 128 Å². The van der Waals surface area contributed by atoms with Gasteiger partial charge >= 0.3 is 0 Å². The Morgan fingerprint density at radius 3 is 2.40 bits per heavy atom. The summed E-state index contributed by atoms with van der Waals surface area (Å²) in [6.45, 7) is 7.26. The highest BCUT2D eigenvalue weighted by molar-refractivity contribution is 7.88. The van der Waals surface area contributed by atoms with Gasteiger partial charge in [-0.05, 0) is 43.7 Å².